The Morgan fingerprint density at radius 1 is 1.47 bits per heavy atom. The minimum Gasteiger partial charge on any atom is -0.314 e. The van der Waals surface area contributed by atoms with E-state index in [1.165, 1.54) is 25.3 Å². The molecular weight excluding hydrogens is 204 g/mol. The van der Waals surface area contributed by atoms with Crippen molar-refractivity contribution in [1.29, 1.82) is 0 Å². The molecule has 1 saturated heterocycles. The van der Waals surface area contributed by atoms with E-state index in [-0.39, 0.29) is 0 Å². The summed E-state index contributed by atoms with van der Waals surface area (Å²) in [5, 5.41) is 4.28. The first-order valence-corrected chi connectivity index (χ1v) is 7.29. The number of thioether (sulfide) groups is 1. The zero-order chi connectivity index (χ0) is 11.3. The third-order valence-corrected chi connectivity index (χ3v) is 4.75. The molecule has 0 saturated carbocycles. The molecule has 0 amide bonds. The molecule has 1 rings (SSSR count). The third kappa shape index (κ3) is 4.33. The minimum atomic E-state index is 0.659. The van der Waals surface area contributed by atoms with Crippen LogP contribution < -0.4 is 5.32 Å². The van der Waals surface area contributed by atoms with Crippen LogP contribution in [-0.2, 0) is 0 Å². The second-order valence-electron chi connectivity index (χ2n) is 4.60. The molecule has 1 N–H and O–H groups in total. The molecule has 90 valence electrons. The summed E-state index contributed by atoms with van der Waals surface area (Å²) < 4.78 is 0. The van der Waals surface area contributed by atoms with Crippen molar-refractivity contribution in [3.8, 4) is 0 Å². The third-order valence-electron chi connectivity index (χ3n) is 3.42. The number of nitrogens with one attached hydrogen (secondary N) is 1. The molecule has 0 aromatic carbocycles. The molecule has 0 aromatic heterocycles. The fourth-order valence-electron chi connectivity index (χ4n) is 2.12. The topological polar surface area (TPSA) is 15.3 Å². The Bertz CT molecular complexity index is 175. The Morgan fingerprint density at radius 3 is 2.87 bits per heavy atom. The zero-order valence-corrected chi connectivity index (χ0v) is 11.4. The predicted molar refractivity (Wildman–Crippen MR) is 70.7 cm³/mol. The highest BCUT2D eigenvalue weighted by molar-refractivity contribution is 8.00. The van der Waals surface area contributed by atoms with Gasteiger partial charge in [0.15, 0.2) is 0 Å². The monoisotopic (exact) mass is 230 g/mol. The van der Waals surface area contributed by atoms with Crippen molar-refractivity contribution in [3.63, 3.8) is 0 Å². The molecular formula is C12H26N2S. The summed E-state index contributed by atoms with van der Waals surface area (Å²) in [6.07, 6.45) is 1.27. The van der Waals surface area contributed by atoms with Crippen molar-refractivity contribution in [3.05, 3.63) is 0 Å². The van der Waals surface area contributed by atoms with Crippen molar-refractivity contribution in [1.82, 2.24) is 10.2 Å². The summed E-state index contributed by atoms with van der Waals surface area (Å²) in [7, 11) is 0. The van der Waals surface area contributed by atoms with Crippen LogP contribution in [-0.4, -0.2) is 47.6 Å². The van der Waals surface area contributed by atoms with E-state index in [2.05, 4.69) is 49.7 Å². The average Bonchev–Trinajstić information content (AvgIpc) is 2.21. The normalized spacial score (nSPS) is 30.4. The van der Waals surface area contributed by atoms with Crippen molar-refractivity contribution in [2.45, 2.75) is 51.4 Å². The van der Waals surface area contributed by atoms with E-state index in [0.717, 1.165) is 17.8 Å². The molecule has 3 heteroatoms. The number of nitrogens with zero attached hydrogens (tertiary/aromatic N) is 1. The summed E-state index contributed by atoms with van der Waals surface area (Å²) in [6, 6.07) is 1.41. The van der Waals surface area contributed by atoms with Crippen molar-refractivity contribution >= 4 is 11.8 Å². The van der Waals surface area contributed by atoms with Gasteiger partial charge in [0.2, 0.25) is 0 Å². The molecule has 3 unspecified atom stereocenters. The fourth-order valence-corrected chi connectivity index (χ4v) is 3.28. The lowest BCUT2D eigenvalue weighted by atomic mass is 10.1. The van der Waals surface area contributed by atoms with Gasteiger partial charge in [-0.1, -0.05) is 13.8 Å². The second kappa shape index (κ2) is 6.77. The smallest absolute Gasteiger partial charge is 0.0184 e. The van der Waals surface area contributed by atoms with E-state index in [1.54, 1.807) is 0 Å². The summed E-state index contributed by atoms with van der Waals surface area (Å²) in [6.45, 7) is 12.8. The summed E-state index contributed by atoms with van der Waals surface area (Å²) in [4.78, 5) is 2.65. The van der Waals surface area contributed by atoms with Gasteiger partial charge in [0, 0.05) is 29.6 Å². The van der Waals surface area contributed by atoms with E-state index in [0.29, 0.717) is 6.04 Å². The molecule has 2 nitrogen and oxygen atoms in total. The molecule has 0 spiro atoms. The van der Waals surface area contributed by atoms with Gasteiger partial charge in [0.1, 0.15) is 0 Å². The highest BCUT2D eigenvalue weighted by Crippen LogP contribution is 2.24. The Balaban J connectivity index is 2.25. The van der Waals surface area contributed by atoms with Crippen LogP contribution in [0.15, 0.2) is 0 Å². The number of hydrogen-bond donors (Lipinski definition) is 1. The van der Waals surface area contributed by atoms with E-state index < -0.39 is 0 Å². The van der Waals surface area contributed by atoms with E-state index >= 15 is 0 Å². The van der Waals surface area contributed by atoms with Crippen LogP contribution >= 0.6 is 11.8 Å². The molecule has 3 atom stereocenters. The average molecular weight is 230 g/mol. The van der Waals surface area contributed by atoms with E-state index in [4.69, 9.17) is 0 Å². The molecule has 0 aliphatic carbocycles. The SMILES string of the molecule is CCNC(C)CCN1CCSC(C)C1C. The van der Waals surface area contributed by atoms with Crippen LogP contribution in [0.25, 0.3) is 0 Å². The first-order chi connectivity index (χ1) is 7.15. The van der Waals surface area contributed by atoms with Gasteiger partial charge in [-0.25, -0.2) is 0 Å². The van der Waals surface area contributed by atoms with Gasteiger partial charge < -0.3 is 5.32 Å². The van der Waals surface area contributed by atoms with Crippen LogP contribution in [0.1, 0.15) is 34.1 Å². The summed E-state index contributed by atoms with van der Waals surface area (Å²) in [5.74, 6) is 1.31. The van der Waals surface area contributed by atoms with Crippen molar-refractivity contribution in [2.75, 3.05) is 25.4 Å². The molecule has 0 radical (unpaired) electrons. The first-order valence-electron chi connectivity index (χ1n) is 6.24. The van der Waals surface area contributed by atoms with E-state index in [1.807, 2.05) is 0 Å². The standard InChI is InChI=1S/C12H26N2S/c1-5-13-10(2)6-7-14-8-9-15-12(4)11(14)3/h10-13H,5-9H2,1-4H3. The van der Waals surface area contributed by atoms with Crippen molar-refractivity contribution in [2.24, 2.45) is 0 Å². The van der Waals surface area contributed by atoms with E-state index in [9.17, 15) is 0 Å². The second-order valence-corrected chi connectivity index (χ2v) is 6.09. The molecule has 1 fully saturated rings. The van der Waals surface area contributed by atoms with Crippen LogP contribution in [0.4, 0.5) is 0 Å². The van der Waals surface area contributed by atoms with Gasteiger partial charge in [-0.05, 0) is 33.4 Å². The van der Waals surface area contributed by atoms with Crippen molar-refractivity contribution < 1.29 is 0 Å². The van der Waals surface area contributed by atoms with Gasteiger partial charge in [-0.15, -0.1) is 0 Å². The fraction of sp³-hybridized carbons (Fsp3) is 1.00. The van der Waals surface area contributed by atoms with Gasteiger partial charge in [-0.2, -0.15) is 11.8 Å². The first kappa shape index (κ1) is 13.3. The lowest BCUT2D eigenvalue weighted by Crippen LogP contribution is -2.46. The lowest BCUT2D eigenvalue weighted by Gasteiger charge is -2.38. The highest BCUT2D eigenvalue weighted by Gasteiger charge is 2.24. The van der Waals surface area contributed by atoms with Crippen LogP contribution in [0.5, 0.6) is 0 Å². The maximum Gasteiger partial charge on any atom is 0.0184 e. The van der Waals surface area contributed by atoms with Gasteiger partial charge in [0.25, 0.3) is 0 Å². The zero-order valence-electron chi connectivity index (χ0n) is 10.6. The summed E-state index contributed by atoms with van der Waals surface area (Å²) >= 11 is 2.12. The molecule has 1 aliphatic rings. The Hall–Kier alpha value is 0.270. The number of rotatable bonds is 5. The molecule has 15 heavy (non-hydrogen) atoms. The Labute approximate surface area is 99.2 Å². The predicted octanol–water partition coefficient (Wildman–Crippen LogP) is 2.20. The van der Waals surface area contributed by atoms with Gasteiger partial charge in [0.05, 0.1) is 0 Å². The molecule has 1 heterocycles. The number of hydrogen-bond acceptors (Lipinski definition) is 3. The van der Waals surface area contributed by atoms with Crippen LogP contribution in [0.3, 0.4) is 0 Å². The Kier molecular flexibility index (Phi) is 6.02. The largest absolute Gasteiger partial charge is 0.314 e. The highest BCUT2D eigenvalue weighted by atomic mass is 32.2. The van der Waals surface area contributed by atoms with Gasteiger partial charge in [-0.3, -0.25) is 4.90 Å². The summed E-state index contributed by atoms with van der Waals surface area (Å²) in [5.41, 5.74) is 0. The van der Waals surface area contributed by atoms with Crippen LogP contribution in [0, 0.1) is 0 Å². The maximum atomic E-state index is 3.48. The molecule has 0 bridgehead atoms. The minimum absolute atomic E-state index is 0.659. The van der Waals surface area contributed by atoms with Crippen LogP contribution in [0.2, 0.25) is 0 Å². The Morgan fingerprint density at radius 2 is 2.20 bits per heavy atom. The van der Waals surface area contributed by atoms with Gasteiger partial charge >= 0.3 is 0 Å². The maximum absolute atomic E-state index is 3.48. The lowest BCUT2D eigenvalue weighted by molar-refractivity contribution is 0.203. The quantitative estimate of drug-likeness (QED) is 0.779. The molecule has 0 aromatic rings. The molecule has 1 aliphatic heterocycles.